The molecule has 26 heavy (non-hydrogen) atoms. The predicted molar refractivity (Wildman–Crippen MR) is 107 cm³/mol. The fourth-order valence-electron chi connectivity index (χ4n) is 1.60. The summed E-state index contributed by atoms with van der Waals surface area (Å²) in [6.45, 7) is 18.4. The number of alkyl carbamates (subject to hydrolysis) is 1. The van der Waals surface area contributed by atoms with Gasteiger partial charge in [-0.05, 0) is 34.1 Å². The maximum Gasteiger partial charge on any atom is 0.407 e. The quantitative estimate of drug-likeness (QED) is 0.574. The van der Waals surface area contributed by atoms with Crippen LogP contribution in [0.5, 0.6) is 0 Å². The fourth-order valence-corrected chi connectivity index (χ4v) is 1.60. The minimum absolute atomic E-state index is 0.146. The molecule has 0 aliphatic heterocycles. The Morgan fingerprint density at radius 1 is 1.19 bits per heavy atom. The summed E-state index contributed by atoms with van der Waals surface area (Å²) in [5, 5.41) is 21.1. The van der Waals surface area contributed by atoms with Crippen LogP contribution in [0.3, 0.4) is 0 Å². The van der Waals surface area contributed by atoms with Crippen LogP contribution in [-0.4, -0.2) is 40.0 Å². The molecular weight excluding hydrogens is 334 g/mol. The third kappa shape index (κ3) is 15.4. The summed E-state index contributed by atoms with van der Waals surface area (Å²) in [5.41, 5.74) is 0.0378. The van der Waals surface area contributed by atoms with E-state index in [-0.39, 0.29) is 6.42 Å². The number of aliphatic hydroxyl groups is 1. The molecule has 0 aromatic carbocycles. The second-order valence-electron chi connectivity index (χ2n) is 5.70. The van der Waals surface area contributed by atoms with Gasteiger partial charge < -0.3 is 20.3 Å². The van der Waals surface area contributed by atoms with E-state index in [9.17, 15) is 14.7 Å². The molecule has 0 spiro atoms. The standard InChI is InChI=1S/C16H25NO5.2C2H6/c1-6-8-9-11(7-2)10-12(13(18)14(19)20)17-15(21)22-16(3,4)5;2*1-2/h6-9,12-13,18H,1,10H2,2-5H3,(H,17,21)(H,19,20);2*1-2H3/b9-8-,11-7+;;. The van der Waals surface area contributed by atoms with Crippen LogP contribution in [0.15, 0.2) is 36.5 Å². The van der Waals surface area contributed by atoms with Gasteiger partial charge >= 0.3 is 12.1 Å². The van der Waals surface area contributed by atoms with E-state index in [1.807, 2.05) is 27.7 Å². The molecule has 6 heteroatoms. The lowest BCUT2D eigenvalue weighted by atomic mass is 10.0. The highest BCUT2D eigenvalue weighted by Gasteiger charge is 2.29. The second kappa shape index (κ2) is 16.4. The maximum absolute atomic E-state index is 11.8. The van der Waals surface area contributed by atoms with Crippen molar-refractivity contribution in [3.63, 3.8) is 0 Å². The Labute approximate surface area is 158 Å². The van der Waals surface area contributed by atoms with Crippen LogP contribution in [0.1, 0.15) is 61.8 Å². The summed E-state index contributed by atoms with van der Waals surface area (Å²) in [6.07, 6.45) is 4.39. The molecule has 0 bridgehead atoms. The van der Waals surface area contributed by atoms with Gasteiger partial charge in [0.1, 0.15) is 5.60 Å². The van der Waals surface area contributed by atoms with Crippen molar-refractivity contribution in [2.24, 2.45) is 0 Å². The Morgan fingerprint density at radius 3 is 2.04 bits per heavy atom. The molecular formula is C20H37NO5. The van der Waals surface area contributed by atoms with Gasteiger partial charge in [0, 0.05) is 0 Å². The van der Waals surface area contributed by atoms with Gasteiger partial charge in [-0.25, -0.2) is 9.59 Å². The van der Waals surface area contributed by atoms with Gasteiger partial charge in [-0.2, -0.15) is 0 Å². The molecule has 0 heterocycles. The Kier molecular flexibility index (Phi) is 18.1. The molecule has 0 saturated carbocycles. The van der Waals surface area contributed by atoms with Gasteiger partial charge in [0.05, 0.1) is 6.04 Å². The summed E-state index contributed by atoms with van der Waals surface area (Å²) in [4.78, 5) is 22.8. The number of hydrogen-bond donors (Lipinski definition) is 3. The lowest BCUT2D eigenvalue weighted by Crippen LogP contribution is -2.48. The van der Waals surface area contributed by atoms with Crippen molar-refractivity contribution in [1.29, 1.82) is 0 Å². The first kappa shape index (κ1) is 28.7. The van der Waals surface area contributed by atoms with E-state index in [0.29, 0.717) is 0 Å². The van der Waals surface area contributed by atoms with Crippen LogP contribution < -0.4 is 5.32 Å². The predicted octanol–water partition coefficient (Wildman–Crippen LogP) is 4.46. The number of aliphatic carboxylic acids is 1. The van der Waals surface area contributed by atoms with E-state index >= 15 is 0 Å². The Morgan fingerprint density at radius 2 is 1.69 bits per heavy atom. The van der Waals surface area contributed by atoms with Crippen LogP contribution in [0.4, 0.5) is 4.79 Å². The molecule has 0 aliphatic rings. The number of nitrogens with one attached hydrogen (secondary N) is 1. The van der Waals surface area contributed by atoms with Crippen molar-refractivity contribution >= 4 is 12.1 Å². The zero-order chi connectivity index (χ0) is 21.3. The Hall–Kier alpha value is -2.08. The van der Waals surface area contributed by atoms with Crippen LogP contribution >= 0.6 is 0 Å². The molecule has 152 valence electrons. The summed E-state index contributed by atoms with van der Waals surface area (Å²) < 4.78 is 5.09. The maximum atomic E-state index is 11.8. The average Bonchev–Trinajstić information content (AvgIpc) is 2.58. The molecule has 0 aliphatic carbocycles. The van der Waals surface area contributed by atoms with Crippen LogP contribution in [-0.2, 0) is 9.53 Å². The third-order valence-corrected chi connectivity index (χ3v) is 2.61. The zero-order valence-corrected chi connectivity index (χ0v) is 17.5. The van der Waals surface area contributed by atoms with E-state index < -0.39 is 29.8 Å². The number of ether oxygens (including phenoxy) is 1. The SMILES string of the molecule is C=C/C=C\C(=C/C)CC(NC(=O)OC(C)(C)C)C(O)C(=O)O.CC.CC. The molecule has 0 aromatic heterocycles. The lowest BCUT2D eigenvalue weighted by Gasteiger charge is -2.25. The van der Waals surface area contributed by atoms with Crippen LogP contribution in [0.25, 0.3) is 0 Å². The van der Waals surface area contributed by atoms with Crippen molar-refractivity contribution in [2.75, 3.05) is 0 Å². The number of carboxylic acids is 1. The lowest BCUT2D eigenvalue weighted by molar-refractivity contribution is -0.148. The molecule has 0 saturated heterocycles. The third-order valence-electron chi connectivity index (χ3n) is 2.61. The highest BCUT2D eigenvalue weighted by atomic mass is 16.6. The van der Waals surface area contributed by atoms with Crippen molar-refractivity contribution in [3.05, 3.63) is 36.5 Å². The highest BCUT2D eigenvalue weighted by molar-refractivity contribution is 5.75. The van der Waals surface area contributed by atoms with E-state index in [1.54, 1.807) is 52.0 Å². The van der Waals surface area contributed by atoms with Gasteiger partial charge in [-0.1, -0.05) is 64.2 Å². The first-order valence-electron chi connectivity index (χ1n) is 8.95. The van der Waals surface area contributed by atoms with Gasteiger partial charge in [0.2, 0.25) is 0 Å². The first-order chi connectivity index (χ1) is 12.1. The largest absolute Gasteiger partial charge is 0.479 e. The number of allylic oxidation sites excluding steroid dienone is 4. The topological polar surface area (TPSA) is 95.9 Å². The van der Waals surface area contributed by atoms with Crippen LogP contribution in [0.2, 0.25) is 0 Å². The molecule has 0 rings (SSSR count). The Balaban J connectivity index is -0.00000123. The van der Waals surface area contributed by atoms with E-state index in [4.69, 9.17) is 9.84 Å². The van der Waals surface area contributed by atoms with Crippen molar-refractivity contribution in [2.45, 2.75) is 79.6 Å². The number of carboxylic acid groups (broad SMARTS) is 1. The molecule has 6 nitrogen and oxygen atoms in total. The number of carbonyl (C=O) groups excluding carboxylic acids is 1. The summed E-state index contributed by atoms with van der Waals surface area (Å²) in [5.74, 6) is -1.41. The molecule has 2 atom stereocenters. The van der Waals surface area contributed by atoms with Crippen molar-refractivity contribution in [3.8, 4) is 0 Å². The van der Waals surface area contributed by atoms with Gasteiger partial charge in [-0.3, -0.25) is 0 Å². The molecule has 0 aromatic rings. The molecule has 0 radical (unpaired) electrons. The second-order valence-corrected chi connectivity index (χ2v) is 5.70. The van der Waals surface area contributed by atoms with Crippen LogP contribution in [0, 0.1) is 0 Å². The monoisotopic (exact) mass is 371 g/mol. The normalized spacial score (nSPS) is 13.3. The number of carbonyl (C=O) groups is 2. The van der Waals surface area contributed by atoms with Crippen molar-refractivity contribution in [1.82, 2.24) is 5.32 Å². The van der Waals surface area contributed by atoms with E-state index in [1.165, 1.54) is 0 Å². The minimum Gasteiger partial charge on any atom is -0.479 e. The number of hydrogen-bond acceptors (Lipinski definition) is 4. The van der Waals surface area contributed by atoms with E-state index in [2.05, 4.69) is 11.9 Å². The van der Waals surface area contributed by atoms with Gasteiger partial charge in [0.15, 0.2) is 6.10 Å². The smallest absolute Gasteiger partial charge is 0.407 e. The fraction of sp³-hybridized carbons (Fsp3) is 0.600. The molecule has 0 fully saturated rings. The summed E-state index contributed by atoms with van der Waals surface area (Å²) >= 11 is 0. The first-order valence-corrected chi connectivity index (χ1v) is 8.95. The Bertz CT molecular complexity index is 461. The summed E-state index contributed by atoms with van der Waals surface area (Å²) in [6, 6.07) is -1.01. The average molecular weight is 372 g/mol. The van der Waals surface area contributed by atoms with Crippen molar-refractivity contribution < 1.29 is 24.5 Å². The molecule has 2 unspecified atom stereocenters. The summed E-state index contributed by atoms with van der Waals surface area (Å²) in [7, 11) is 0. The molecule has 3 N–H and O–H groups in total. The molecule has 1 amide bonds. The number of aliphatic hydroxyl groups excluding tert-OH is 1. The minimum atomic E-state index is -1.74. The zero-order valence-electron chi connectivity index (χ0n) is 17.5. The van der Waals surface area contributed by atoms with Gasteiger partial charge in [0.25, 0.3) is 0 Å². The highest BCUT2D eigenvalue weighted by Crippen LogP contribution is 2.13. The van der Waals surface area contributed by atoms with Gasteiger partial charge in [-0.15, -0.1) is 0 Å². The number of amides is 1. The van der Waals surface area contributed by atoms with E-state index in [0.717, 1.165) is 5.57 Å². The number of rotatable bonds is 7.